The van der Waals surface area contributed by atoms with Crippen molar-refractivity contribution < 1.29 is 24.5 Å². The molecule has 2 unspecified atom stereocenters. The Bertz CT molecular complexity index is 931. The van der Waals surface area contributed by atoms with Gasteiger partial charge in [0, 0.05) is 12.8 Å². The average Bonchev–Trinajstić information content (AvgIpc) is 3.21. The van der Waals surface area contributed by atoms with Gasteiger partial charge in [-0.15, -0.1) is 0 Å². The summed E-state index contributed by atoms with van der Waals surface area (Å²) in [5.41, 5.74) is 0. The average molecular weight is 802 g/mol. The monoisotopic (exact) mass is 802 g/mol. The Kier molecular flexibility index (Phi) is 45.2. The van der Waals surface area contributed by atoms with Gasteiger partial charge in [-0.1, -0.05) is 198 Å². The second-order valence-electron chi connectivity index (χ2n) is 16.8. The molecule has 0 saturated carbocycles. The third-order valence-corrected chi connectivity index (χ3v) is 11.1. The minimum absolute atomic E-state index is 0.0285. The molecule has 6 heteroatoms. The van der Waals surface area contributed by atoms with E-state index in [-0.39, 0.29) is 18.5 Å². The van der Waals surface area contributed by atoms with Crippen LogP contribution in [0.3, 0.4) is 0 Å². The molecule has 0 radical (unpaired) electrons. The molecule has 0 aliphatic heterocycles. The maximum atomic E-state index is 12.4. The van der Waals surface area contributed by atoms with Gasteiger partial charge in [-0.05, 0) is 77.0 Å². The molecule has 0 spiro atoms. The van der Waals surface area contributed by atoms with Crippen LogP contribution in [0.25, 0.3) is 0 Å². The van der Waals surface area contributed by atoms with Crippen LogP contribution in [0.15, 0.2) is 36.5 Å². The van der Waals surface area contributed by atoms with Crippen LogP contribution < -0.4 is 5.32 Å². The minimum atomic E-state index is -0.681. The minimum Gasteiger partial charge on any atom is -0.466 e. The van der Waals surface area contributed by atoms with Crippen LogP contribution in [-0.4, -0.2) is 47.4 Å². The van der Waals surface area contributed by atoms with Crippen molar-refractivity contribution in [2.45, 2.75) is 264 Å². The van der Waals surface area contributed by atoms with Crippen LogP contribution >= 0.6 is 0 Å². The number of hydrogen-bond acceptors (Lipinski definition) is 5. The summed E-state index contributed by atoms with van der Waals surface area (Å²) in [5, 5.41) is 23.2. The zero-order valence-corrected chi connectivity index (χ0v) is 37.8. The fraction of sp³-hybridized carbons (Fsp3) is 0.843. The number of aliphatic hydroxyl groups is 2. The molecular formula is C51H95NO5. The van der Waals surface area contributed by atoms with Gasteiger partial charge in [-0.2, -0.15) is 0 Å². The van der Waals surface area contributed by atoms with E-state index in [4.69, 9.17) is 4.74 Å². The summed E-state index contributed by atoms with van der Waals surface area (Å²) >= 11 is 0. The molecule has 0 bridgehead atoms. The Balaban J connectivity index is 3.52. The first-order valence-electron chi connectivity index (χ1n) is 24.7. The van der Waals surface area contributed by atoms with Gasteiger partial charge in [0.05, 0.1) is 25.4 Å². The molecule has 0 aromatic carbocycles. The van der Waals surface area contributed by atoms with E-state index in [0.29, 0.717) is 25.9 Å². The maximum Gasteiger partial charge on any atom is 0.305 e. The number of rotatable bonds is 45. The molecule has 0 rings (SSSR count). The molecule has 0 fully saturated rings. The number of carbonyl (C=O) groups excluding carboxylic acids is 2. The van der Waals surface area contributed by atoms with Crippen LogP contribution in [0.5, 0.6) is 0 Å². The van der Waals surface area contributed by atoms with Crippen molar-refractivity contribution >= 4 is 11.9 Å². The van der Waals surface area contributed by atoms with E-state index in [2.05, 4.69) is 55.6 Å². The number of carbonyl (C=O) groups is 2. The second-order valence-corrected chi connectivity index (χ2v) is 16.8. The van der Waals surface area contributed by atoms with Crippen LogP contribution in [0.1, 0.15) is 251 Å². The summed E-state index contributed by atoms with van der Waals surface area (Å²) in [6, 6.07) is -0.562. The van der Waals surface area contributed by atoms with Gasteiger partial charge in [0.15, 0.2) is 0 Å². The van der Waals surface area contributed by atoms with Crippen molar-refractivity contribution in [3.05, 3.63) is 36.5 Å². The number of hydrogen-bond donors (Lipinski definition) is 3. The summed E-state index contributed by atoms with van der Waals surface area (Å²) in [7, 11) is 0. The van der Waals surface area contributed by atoms with Crippen molar-refractivity contribution in [2.24, 2.45) is 0 Å². The van der Waals surface area contributed by atoms with Crippen LogP contribution in [0.4, 0.5) is 0 Å². The fourth-order valence-corrected chi connectivity index (χ4v) is 7.32. The van der Waals surface area contributed by atoms with Crippen molar-refractivity contribution in [3.8, 4) is 0 Å². The predicted octanol–water partition coefficient (Wildman–Crippen LogP) is 14.5. The second kappa shape index (κ2) is 46.8. The molecule has 3 N–H and O–H groups in total. The summed E-state index contributed by atoms with van der Waals surface area (Å²) < 4.78 is 5.43. The van der Waals surface area contributed by atoms with E-state index >= 15 is 0 Å². The van der Waals surface area contributed by atoms with Crippen molar-refractivity contribution in [2.75, 3.05) is 13.2 Å². The van der Waals surface area contributed by atoms with Crippen molar-refractivity contribution in [1.29, 1.82) is 0 Å². The fourth-order valence-electron chi connectivity index (χ4n) is 7.32. The number of unbranched alkanes of at least 4 members (excludes halogenated alkanes) is 28. The largest absolute Gasteiger partial charge is 0.466 e. The topological polar surface area (TPSA) is 95.9 Å². The number of nitrogens with one attached hydrogen (secondary N) is 1. The Labute approximate surface area is 353 Å². The van der Waals surface area contributed by atoms with Gasteiger partial charge in [-0.3, -0.25) is 9.59 Å². The highest BCUT2D eigenvalue weighted by Crippen LogP contribution is 2.15. The van der Waals surface area contributed by atoms with E-state index in [9.17, 15) is 19.8 Å². The molecule has 0 aromatic rings. The van der Waals surface area contributed by atoms with E-state index in [1.165, 1.54) is 135 Å². The van der Waals surface area contributed by atoms with E-state index < -0.39 is 12.1 Å². The lowest BCUT2D eigenvalue weighted by Crippen LogP contribution is -2.45. The zero-order valence-electron chi connectivity index (χ0n) is 37.8. The lowest BCUT2D eigenvalue weighted by Gasteiger charge is -2.22. The molecule has 0 heterocycles. The lowest BCUT2D eigenvalue weighted by atomic mass is 10.0. The summed E-state index contributed by atoms with van der Waals surface area (Å²) in [6.45, 7) is 4.83. The maximum absolute atomic E-state index is 12.4. The highest BCUT2D eigenvalue weighted by molar-refractivity contribution is 5.76. The molecule has 0 saturated heterocycles. The number of esters is 1. The standard InChI is InChI=1S/C51H95NO5/c1-3-5-7-9-11-13-15-17-20-23-27-31-35-39-43-49(54)48(47-53)52-50(55)44-40-36-32-28-24-21-18-22-26-30-34-38-42-46-57-51(56)45-41-37-33-29-25-19-16-14-12-10-8-6-4-2/h8,10,14,16,21,24,48-49,53-54H,3-7,9,11-13,15,17-20,22-23,25-47H2,1-2H3,(H,52,55)/b10-8-,16-14-,24-21-. The molecule has 1 amide bonds. The SMILES string of the molecule is CCC/C=C\C/C=C\CCCCCCCC(=O)OCCCCCCCC/C=C\CCCCCC(=O)NC(CO)C(O)CCCCCCCCCCCCCCCC. The van der Waals surface area contributed by atoms with Gasteiger partial charge < -0.3 is 20.3 Å². The molecule has 0 aliphatic rings. The first-order chi connectivity index (χ1) is 28.0. The molecule has 2 atom stereocenters. The molecule has 0 aliphatic carbocycles. The number of amides is 1. The Morgan fingerprint density at radius 3 is 1.44 bits per heavy atom. The smallest absolute Gasteiger partial charge is 0.305 e. The lowest BCUT2D eigenvalue weighted by molar-refractivity contribution is -0.143. The van der Waals surface area contributed by atoms with Crippen LogP contribution in [0.2, 0.25) is 0 Å². The summed E-state index contributed by atoms with van der Waals surface area (Å²) in [5.74, 6) is -0.0952. The molecule has 6 nitrogen and oxygen atoms in total. The van der Waals surface area contributed by atoms with E-state index in [0.717, 1.165) is 83.5 Å². The highest BCUT2D eigenvalue weighted by atomic mass is 16.5. The Morgan fingerprint density at radius 1 is 0.491 bits per heavy atom. The van der Waals surface area contributed by atoms with Crippen molar-refractivity contribution in [1.82, 2.24) is 5.32 Å². The normalized spacial score (nSPS) is 13.0. The molecule has 57 heavy (non-hydrogen) atoms. The summed E-state index contributed by atoms with van der Waals surface area (Å²) in [4.78, 5) is 24.4. The van der Waals surface area contributed by atoms with Crippen LogP contribution in [0, 0.1) is 0 Å². The van der Waals surface area contributed by atoms with E-state index in [1.54, 1.807) is 0 Å². The van der Waals surface area contributed by atoms with Crippen molar-refractivity contribution in [3.63, 3.8) is 0 Å². The third kappa shape index (κ3) is 43.5. The zero-order chi connectivity index (χ0) is 41.5. The molecule has 334 valence electrons. The predicted molar refractivity (Wildman–Crippen MR) is 246 cm³/mol. The first-order valence-corrected chi connectivity index (χ1v) is 24.7. The van der Waals surface area contributed by atoms with Gasteiger partial charge in [0.25, 0.3) is 0 Å². The number of allylic oxidation sites excluding steroid dienone is 6. The third-order valence-electron chi connectivity index (χ3n) is 11.1. The Hall–Kier alpha value is -1.92. The van der Waals surface area contributed by atoms with Gasteiger partial charge in [0.2, 0.25) is 5.91 Å². The Morgan fingerprint density at radius 2 is 0.912 bits per heavy atom. The van der Waals surface area contributed by atoms with Gasteiger partial charge in [-0.25, -0.2) is 0 Å². The quantitative estimate of drug-likeness (QED) is 0.0324. The first kappa shape index (κ1) is 55.1. The number of ether oxygens (including phenoxy) is 1. The molecule has 0 aromatic heterocycles. The molecular weight excluding hydrogens is 707 g/mol. The number of aliphatic hydroxyl groups excluding tert-OH is 2. The highest BCUT2D eigenvalue weighted by Gasteiger charge is 2.20. The van der Waals surface area contributed by atoms with Gasteiger partial charge >= 0.3 is 5.97 Å². The van der Waals surface area contributed by atoms with Gasteiger partial charge in [0.1, 0.15) is 0 Å². The van der Waals surface area contributed by atoms with E-state index in [1.807, 2.05) is 0 Å². The van der Waals surface area contributed by atoms with Crippen LogP contribution in [-0.2, 0) is 14.3 Å². The summed E-state index contributed by atoms with van der Waals surface area (Å²) in [6.07, 6.45) is 55.3.